The summed E-state index contributed by atoms with van der Waals surface area (Å²) in [5.74, 6) is 2.04. The fourth-order valence-corrected chi connectivity index (χ4v) is 4.56. The summed E-state index contributed by atoms with van der Waals surface area (Å²) in [6.07, 6.45) is 0.822. The van der Waals surface area contributed by atoms with Crippen molar-refractivity contribution >= 4 is 17.5 Å². The van der Waals surface area contributed by atoms with Crippen molar-refractivity contribution in [2.45, 2.75) is 26.2 Å². The predicted octanol–water partition coefficient (Wildman–Crippen LogP) is 2.46. The Labute approximate surface area is 185 Å². The molecule has 0 saturated carbocycles. The lowest BCUT2D eigenvalue weighted by Gasteiger charge is -2.37. The fourth-order valence-electron chi connectivity index (χ4n) is 4.56. The Morgan fingerprint density at radius 1 is 0.806 bits per heavy atom. The molecule has 0 N–H and O–H groups in total. The van der Waals surface area contributed by atoms with Gasteiger partial charge in [-0.15, -0.1) is 10.2 Å². The molecule has 7 heteroatoms. The van der Waals surface area contributed by atoms with E-state index in [1.54, 1.807) is 0 Å². The second-order valence-electron chi connectivity index (χ2n) is 8.35. The van der Waals surface area contributed by atoms with E-state index in [9.17, 15) is 4.79 Å². The number of benzene rings is 1. The first-order chi connectivity index (χ1) is 15.2. The topological polar surface area (TPSA) is 55.8 Å². The molecule has 7 nitrogen and oxygen atoms in total. The van der Waals surface area contributed by atoms with Gasteiger partial charge in [-0.2, -0.15) is 0 Å². The highest BCUT2D eigenvalue weighted by Gasteiger charge is 2.28. The first-order valence-electron chi connectivity index (χ1n) is 11.6. The number of hydrogen-bond donors (Lipinski definition) is 0. The van der Waals surface area contributed by atoms with Crippen LogP contribution in [0.3, 0.4) is 0 Å². The molecule has 2 aromatic rings. The van der Waals surface area contributed by atoms with Crippen molar-refractivity contribution in [1.82, 2.24) is 20.0 Å². The van der Waals surface area contributed by atoms with Crippen LogP contribution >= 0.6 is 0 Å². The molecule has 3 heterocycles. The minimum atomic E-state index is -0.0556. The number of aromatic nitrogens is 2. The maximum atomic E-state index is 13.1. The van der Waals surface area contributed by atoms with E-state index in [1.807, 2.05) is 23.1 Å². The number of anilines is 2. The van der Waals surface area contributed by atoms with Gasteiger partial charge in [-0.1, -0.05) is 44.2 Å². The minimum Gasteiger partial charge on any atom is -0.353 e. The average Bonchev–Trinajstić information content (AvgIpc) is 2.85. The zero-order valence-corrected chi connectivity index (χ0v) is 18.8. The number of rotatable bonds is 6. The normalized spacial score (nSPS) is 18.8. The van der Waals surface area contributed by atoms with E-state index in [2.05, 4.69) is 63.0 Å². The van der Waals surface area contributed by atoms with Gasteiger partial charge in [0.1, 0.15) is 0 Å². The highest BCUT2D eigenvalue weighted by Crippen LogP contribution is 2.24. The van der Waals surface area contributed by atoms with Gasteiger partial charge < -0.3 is 19.6 Å². The van der Waals surface area contributed by atoms with E-state index < -0.39 is 0 Å². The third-order valence-electron chi connectivity index (χ3n) is 6.60. The quantitative estimate of drug-likeness (QED) is 0.713. The van der Waals surface area contributed by atoms with E-state index in [4.69, 9.17) is 0 Å². The summed E-state index contributed by atoms with van der Waals surface area (Å²) in [4.78, 5) is 22.1. The Kier molecular flexibility index (Phi) is 7.02. The first kappa shape index (κ1) is 21.6. The van der Waals surface area contributed by atoms with Gasteiger partial charge in [0.15, 0.2) is 11.6 Å². The number of likely N-dealkylation sites (N-methyl/N-ethyl adjacent to an activating group) is 1. The van der Waals surface area contributed by atoms with Gasteiger partial charge in [0.2, 0.25) is 5.91 Å². The van der Waals surface area contributed by atoms with Crippen LogP contribution in [-0.4, -0.2) is 84.8 Å². The fraction of sp³-hybridized carbons (Fsp3) is 0.542. The van der Waals surface area contributed by atoms with Gasteiger partial charge in [-0.05, 0) is 30.7 Å². The predicted molar refractivity (Wildman–Crippen MR) is 125 cm³/mol. The van der Waals surface area contributed by atoms with Gasteiger partial charge in [0, 0.05) is 52.4 Å². The SMILES string of the molecule is CCC(C(=O)N1CCN(c2ccc(N3CCN(CC)CC3)nn2)CC1)c1ccccc1. The lowest BCUT2D eigenvalue weighted by Crippen LogP contribution is -2.50. The number of hydrogen-bond acceptors (Lipinski definition) is 6. The van der Waals surface area contributed by atoms with E-state index in [0.717, 1.165) is 82.5 Å². The van der Waals surface area contributed by atoms with Gasteiger partial charge in [-0.3, -0.25) is 4.79 Å². The largest absolute Gasteiger partial charge is 0.353 e. The highest BCUT2D eigenvalue weighted by molar-refractivity contribution is 5.84. The van der Waals surface area contributed by atoms with Crippen molar-refractivity contribution in [3.8, 4) is 0 Å². The Bertz CT molecular complexity index is 827. The Morgan fingerprint density at radius 3 is 1.84 bits per heavy atom. The van der Waals surface area contributed by atoms with Crippen molar-refractivity contribution in [3.63, 3.8) is 0 Å². The Hall–Kier alpha value is -2.67. The molecule has 1 amide bonds. The van der Waals surface area contributed by atoms with Crippen molar-refractivity contribution < 1.29 is 4.79 Å². The second-order valence-corrected chi connectivity index (χ2v) is 8.35. The molecule has 0 aliphatic carbocycles. The van der Waals surface area contributed by atoms with Crippen LogP contribution in [-0.2, 0) is 4.79 Å². The molecule has 4 rings (SSSR count). The van der Waals surface area contributed by atoms with Crippen molar-refractivity contribution in [1.29, 1.82) is 0 Å². The van der Waals surface area contributed by atoms with E-state index in [1.165, 1.54) is 0 Å². The van der Waals surface area contributed by atoms with Crippen LogP contribution in [0, 0.1) is 0 Å². The summed E-state index contributed by atoms with van der Waals surface area (Å²) >= 11 is 0. The molecule has 0 radical (unpaired) electrons. The number of carbonyl (C=O) groups is 1. The van der Waals surface area contributed by atoms with Gasteiger partial charge in [-0.25, -0.2) is 0 Å². The Morgan fingerprint density at radius 2 is 1.35 bits per heavy atom. The maximum Gasteiger partial charge on any atom is 0.230 e. The summed E-state index contributed by atoms with van der Waals surface area (Å²) in [7, 11) is 0. The molecular weight excluding hydrogens is 388 g/mol. The standard InChI is InChI=1S/C24H34N6O/c1-3-21(20-8-6-5-7-9-20)24(31)30-18-16-29(17-19-30)23-11-10-22(25-26-23)28-14-12-27(4-2)13-15-28/h5-11,21H,3-4,12-19H2,1-2H3. The van der Waals surface area contributed by atoms with Crippen LogP contribution in [0.1, 0.15) is 31.7 Å². The highest BCUT2D eigenvalue weighted by atomic mass is 16.2. The molecule has 2 fully saturated rings. The number of carbonyl (C=O) groups excluding carboxylic acids is 1. The van der Waals surface area contributed by atoms with Gasteiger partial charge in [0.25, 0.3) is 0 Å². The Balaban J connectivity index is 1.32. The summed E-state index contributed by atoms with van der Waals surface area (Å²) in [5, 5.41) is 9.00. The first-order valence-corrected chi connectivity index (χ1v) is 11.6. The lowest BCUT2D eigenvalue weighted by molar-refractivity contribution is -0.133. The van der Waals surface area contributed by atoms with Gasteiger partial charge >= 0.3 is 0 Å². The summed E-state index contributed by atoms with van der Waals surface area (Å²) in [5.41, 5.74) is 1.11. The molecule has 2 aliphatic heterocycles. The average molecular weight is 423 g/mol. The van der Waals surface area contributed by atoms with Crippen LogP contribution in [0.15, 0.2) is 42.5 Å². The van der Waals surface area contributed by atoms with Crippen LogP contribution < -0.4 is 9.80 Å². The molecule has 2 saturated heterocycles. The van der Waals surface area contributed by atoms with E-state index in [0.29, 0.717) is 0 Å². The summed E-state index contributed by atoms with van der Waals surface area (Å²) in [6.45, 7) is 12.6. The molecule has 1 aromatic carbocycles. The molecule has 166 valence electrons. The second kappa shape index (κ2) is 10.1. The smallest absolute Gasteiger partial charge is 0.230 e. The monoisotopic (exact) mass is 422 g/mol. The van der Waals surface area contributed by atoms with Crippen molar-refractivity contribution in [3.05, 3.63) is 48.0 Å². The zero-order valence-electron chi connectivity index (χ0n) is 18.8. The molecule has 0 bridgehead atoms. The van der Waals surface area contributed by atoms with Crippen LogP contribution in [0.4, 0.5) is 11.6 Å². The zero-order chi connectivity index (χ0) is 21.6. The third kappa shape index (κ3) is 4.98. The molecule has 1 unspecified atom stereocenters. The summed E-state index contributed by atoms with van der Waals surface area (Å²) in [6, 6.07) is 14.3. The lowest BCUT2D eigenvalue weighted by atomic mass is 9.95. The third-order valence-corrected chi connectivity index (χ3v) is 6.60. The van der Waals surface area contributed by atoms with Crippen LogP contribution in [0.25, 0.3) is 0 Å². The molecule has 0 spiro atoms. The van der Waals surface area contributed by atoms with Crippen molar-refractivity contribution in [2.24, 2.45) is 0 Å². The van der Waals surface area contributed by atoms with Gasteiger partial charge in [0.05, 0.1) is 5.92 Å². The van der Waals surface area contributed by atoms with Crippen molar-refractivity contribution in [2.75, 3.05) is 68.7 Å². The number of piperazine rings is 2. The van der Waals surface area contributed by atoms with E-state index in [-0.39, 0.29) is 11.8 Å². The maximum absolute atomic E-state index is 13.1. The molecular formula is C24H34N6O. The molecule has 31 heavy (non-hydrogen) atoms. The molecule has 1 aromatic heterocycles. The molecule has 2 aliphatic rings. The van der Waals surface area contributed by atoms with Crippen LogP contribution in [0.5, 0.6) is 0 Å². The molecule has 1 atom stereocenters. The number of nitrogens with zero attached hydrogens (tertiary/aromatic N) is 6. The number of amides is 1. The summed E-state index contributed by atoms with van der Waals surface area (Å²) < 4.78 is 0. The van der Waals surface area contributed by atoms with Crippen LogP contribution in [0.2, 0.25) is 0 Å². The minimum absolute atomic E-state index is 0.0556. The van der Waals surface area contributed by atoms with E-state index >= 15 is 0 Å².